The normalized spacial score (nSPS) is 13.0. The van der Waals surface area contributed by atoms with Gasteiger partial charge in [0.05, 0.1) is 0 Å². The second kappa shape index (κ2) is 7.10. The van der Waals surface area contributed by atoms with E-state index in [1.807, 2.05) is 12.3 Å². The van der Waals surface area contributed by atoms with Gasteiger partial charge in [-0.3, -0.25) is 0 Å². The predicted molar refractivity (Wildman–Crippen MR) is 107 cm³/mol. The Bertz CT molecular complexity index is 889. The predicted octanol–water partition coefficient (Wildman–Crippen LogP) is 6.38. The molecule has 25 heavy (non-hydrogen) atoms. The summed E-state index contributed by atoms with van der Waals surface area (Å²) >= 11 is 0. The number of hydrogen-bond donors (Lipinski definition) is 1. The Labute approximate surface area is 148 Å². The monoisotopic (exact) mass is 323 g/mol. The van der Waals surface area contributed by atoms with Crippen LogP contribution in [-0.2, 0) is 0 Å². The molecule has 1 aliphatic heterocycles. The molecule has 0 radical (unpaired) electrons. The minimum Gasteiger partial charge on any atom is -0.687 e. The van der Waals surface area contributed by atoms with E-state index in [0.29, 0.717) is 0 Å². The second-order valence-corrected chi connectivity index (χ2v) is 6.00. The van der Waals surface area contributed by atoms with E-state index in [0.717, 1.165) is 23.5 Å². The lowest BCUT2D eigenvalue weighted by Gasteiger charge is -2.19. The minimum absolute atomic E-state index is 0.780. The Morgan fingerprint density at radius 3 is 1.84 bits per heavy atom. The molecule has 3 aromatic rings. The van der Waals surface area contributed by atoms with Crippen molar-refractivity contribution in [2.45, 2.75) is 0 Å². The molecule has 0 amide bonds. The van der Waals surface area contributed by atoms with Gasteiger partial charge in [0.25, 0.3) is 0 Å². The van der Waals surface area contributed by atoms with Crippen molar-refractivity contribution in [1.29, 1.82) is 0 Å². The lowest BCUT2D eigenvalue weighted by Crippen LogP contribution is -1.92. The first-order valence-electron chi connectivity index (χ1n) is 8.45. The van der Waals surface area contributed by atoms with Crippen LogP contribution in [0.4, 0.5) is 11.4 Å². The zero-order chi connectivity index (χ0) is 16.9. The number of rotatable bonds is 4. The lowest BCUT2D eigenvalue weighted by atomic mass is 10.0. The molecule has 3 aromatic carbocycles. The fourth-order valence-electron chi connectivity index (χ4n) is 2.89. The van der Waals surface area contributed by atoms with Gasteiger partial charge in [0.1, 0.15) is 0 Å². The maximum atomic E-state index is 4.29. The van der Waals surface area contributed by atoms with Crippen LogP contribution in [-0.4, -0.2) is 6.54 Å². The first kappa shape index (κ1) is 15.3. The van der Waals surface area contributed by atoms with E-state index in [2.05, 4.69) is 95.6 Å². The van der Waals surface area contributed by atoms with E-state index in [1.54, 1.807) is 0 Å². The van der Waals surface area contributed by atoms with Gasteiger partial charge in [0.2, 0.25) is 0 Å². The van der Waals surface area contributed by atoms with Crippen molar-refractivity contribution < 1.29 is 0 Å². The molecule has 1 heterocycles. The largest absolute Gasteiger partial charge is 0.687 e. The Morgan fingerprint density at radius 2 is 1.24 bits per heavy atom. The van der Waals surface area contributed by atoms with Crippen LogP contribution in [0.2, 0.25) is 0 Å². The van der Waals surface area contributed by atoms with E-state index < -0.39 is 0 Å². The fourth-order valence-corrected chi connectivity index (χ4v) is 2.89. The van der Waals surface area contributed by atoms with E-state index in [1.165, 1.54) is 16.7 Å². The Morgan fingerprint density at radius 1 is 0.640 bits per heavy atom. The fraction of sp³-hybridized carbons (Fsp3) is 0.0435. The lowest BCUT2D eigenvalue weighted by molar-refractivity contribution is 1.40. The summed E-state index contributed by atoms with van der Waals surface area (Å²) in [7, 11) is 0. The molecule has 2 nitrogen and oxygen atoms in total. The van der Waals surface area contributed by atoms with E-state index >= 15 is 0 Å². The van der Waals surface area contributed by atoms with Crippen molar-refractivity contribution >= 4 is 16.9 Å². The first-order valence-corrected chi connectivity index (χ1v) is 8.45. The van der Waals surface area contributed by atoms with Gasteiger partial charge >= 0.3 is 0 Å². The summed E-state index contributed by atoms with van der Waals surface area (Å²) < 4.78 is 0. The average Bonchev–Trinajstić information content (AvgIpc) is 2.71. The van der Waals surface area contributed by atoms with Gasteiger partial charge in [-0.15, -0.1) is 12.6 Å². The highest BCUT2D eigenvalue weighted by molar-refractivity contribution is 5.78. The molecule has 0 aliphatic carbocycles. The maximum absolute atomic E-state index is 4.29. The quantitative estimate of drug-likeness (QED) is 0.592. The number of hydrogen-bond acceptors (Lipinski definition) is 1. The number of nitrogens with one attached hydrogen (secondary N) is 1. The molecule has 1 aliphatic rings. The van der Waals surface area contributed by atoms with Crippen molar-refractivity contribution in [3.63, 3.8) is 0 Å². The Hall–Kier alpha value is -3.26. The third-order valence-corrected chi connectivity index (χ3v) is 4.24. The average molecular weight is 323 g/mol. The summed E-state index contributed by atoms with van der Waals surface area (Å²) in [6, 6.07) is 27.4. The van der Waals surface area contributed by atoms with Crippen molar-refractivity contribution in [1.82, 2.24) is 0 Å². The summed E-state index contributed by atoms with van der Waals surface area (Å²) in [5.74, 6) is 0. The smallest absolute Gasteiger partial charge is 0.0384 e. The molecule has 0 saturated carbocycles. The van der Waals surface area contributed by atoms with Gasteiger partial charge in [-0.2, -0.15) is 6.20 Å². The molecule has 2 heteroatoms. The molecule has 0 saturated heterocycles. The molecule has 1 N–H and O–H groups in total. The van der Waals surface area contributed by atoms with Crippen molar-refractivity contribution in [2.24, 2.45) is 0 Å². The highest BCUT2D eigenvalue weighted by Gasteiger charge is 2.00. The minimum atomic E-state index is 0.780. The molecular formula is C23H19N2-. The number of anilines is 2. The third-order valence-electron chi connectivity index (χ3n) is 4.24. The third kappa shape index (κ3) is 3.64. The molecule has 4 rings (SSSR count). The number of nitrogens with zero attached hydrogens (tertiary/aromatic N) is 1. The van der Waals surface area contributed by atoms with Gasteiger partial charge in [0.15, 0.2) is 0 Å². The SMILES string of the molecule is C1=CC(c2ccc(Nc3ccc(-c4ccccc4)cc3)cc2)=C[N-]C1. The van der Waals surface area contributed by atoms with E-state index in [9.17, 15) is 0 Å². The van der Waals surface area contributed by atoms with Crippen LogP contribution in [0.3, 0.4) is 0 Å². The van der Waals surface area contributed by atoms with Crippen LogP contribution in [0, 0.1) is 0 Å². The Balaban J connectivity index is 1.47. The molecule has 122 valence electrons. The van der Waals surface area contributed by atoms with Crippen molar-refractivity contribution in [3.05, 3.63) is 108 Å². The molecule has 0 spiro atoms. The van der Waals surface area contributed by atoms with Gasteiger partial charge in [0, 0.05) is 11.4 Å². The number of allylic oxidation sites excluding steroid dienone is 2. The maximum Gasteiger partial charge on any atom is 0.0384 e. The van der Waals surface area contributed by atoms with Crippen molar-refractivity contribution in [2.75, 3.05) is 11.9 Å². The molecule has 0 atom stereocenters. The Kier molecular flexibility index (Phi) is 4.34. The second-order valence-electron chi connectivity index (χ2n) is 6.00. The highest BCUT2D eigenvalue weighted by atomic mass is 14.9. The van der Waals surface area contributed by atoms with Crippen LogP contribution in [0.15, 0.2) is 97.2 Å². The van der Waals surface area contributed by atoms with Gasteiger partial charge in [-0.05, 0) is 46.5 Å². The van der Waals surface area contributed by atoms with Gasteiger partial charge in [-0.1, -0.05) is 60.7 Å². The molecule has 0 bridgehead atoms. The van der Waals surface area contributed by atoms with E-state index in [4.69, 9.17) is 0 Å². The van der Waals surface area contributed by atoms with Crippen LogP contribution in [0.5, 0.6) is 0 Å². The molecule has 0 fully saturated rings. The van der Waals surface area contributed by atoms with Gasteiger partial charge in [-0.25, -0.2) is 0 Å². The van der Waals surface area contributed by atoms with Crippen LogP contribution >= 0.6 is 0 Å². The molecule has 0 aromatic heterocycles. The number of benzene rings is 3. The molecule has 0 unspecified atom stereocenters. The van der Waals surface area contributed by atoms with E-state index in [-0.39, 0.29) is 0 Å². The summed E-state index contributed by atoms with van der Waals surface area (Å²) in [5.41, 5.74) is 6.96. The highest BCUT2D eigenvalue weighted by Crippen LogP contribution is 2.25. The van der Waals surface area contributed by atoms with Crippen LogP contribution in [0.1, 0.15) is 5.56 Å². The topological polar surface area (TPSA) is 26.1 Å². The van der Waals surface area contributed by atoms with Crippen molar-refractivity contribution in [3.8, 4) is 11.1 Å². The standard InChI is InChI=1S/C23H19N2/c1-2-5-18(6-3-1)19-8-12-22(13-9-19)25-23-14-10-20(11-15-23)21-7-4-16-24-17-21/h1-15,17,25H,16H2/q-1. The summed E-state index contributed by atoms with van der Waals surface area (Å²) in [4.78, 5) is 0. The first-order chi connectivity index (χ1) is 12.4. The zero-order valence-electron chi connectivity index (χ0n) is 13.9. The van der Waals surface area contributed by atoms with Crippen LogP contribution in [0.25, 0.3) is 22.0 Å². The zero-order valence-corrected chi connectivity index (χ0v) is 13.9. The molecular weight excluding hydrogens is 304 g/mol. The van der Waals surface area contributed by atoms with Gasteiger partial charge < -0.3 is 10.6 Å². The summed E-state index contributed by atoms with van der Waals surface area (Å²) in [6.45, 7) is 0.780. The summed E-state index contributed by atoms with van der Waals surface area (Å²) in [6.07, 6.45) is 6.14. The summed E-state index contributed by atoms with van der Waals surface area (Å²) in [5, 5.41) is 7.75. The van der Waals surface area contributed by atoms with Crippen LogP contribution < -0.4 is 5.32 Å².